The molecule has 0 bridgehead atoms. The van der Waals surface area contributed by atoms with Gasteiger partial charge < -0.3 is 29.2 Å². The Morgan fingerprint density at radius 1 is 1.14 bits per heavy atom. The Kier molecular flexibility index (Phi) is 9.38. The number of aromatic nitrogens is 2. The van der Waals surface area contributed by atoms with E-state index in [4.69, 9.17) is 19.2 Å². The highest BCUT2D eigenvalue weighted by Crippen LogP contribution is 2.42. The van der Waals surface area contributed by atoms with Crippen molar-refractivity contribution in [2.75, 3.05) is 6.54 Å². The summed E-state index contributed by atoms with van der Waals surface area (Å²) in [6, 6.07) is 5.98. The van der Waals surface area contributed by atoms with Gasteiger partial charge in [0.1, 0.15) is 18.0 Å². The molecule has 49 heavy (non-hydrogen) atoms. The highest BCUT2D eigenvalue weighted by atomic mass is 28.3. The first-order valence-electron chi connectivity index (χ1n) is 16.1. The molecule has 2 aliphatic rings. The quantitative estimate of drug-likeness (QED) is 0.0998. The van der Waals surface area contributed by atoms with Gasteiger partial charge in [0.2, 0.25) is 5.60 Å². The molecule has 0 radical (unpaired) electrons. The van der Waals surface area contributed by atoms with Crippen LogP contribution in [0.3, 0.4) is 0 Å². The molecular weight excluding hydrogens is 663 g/mol. The summed E-state index contributed by atoms with van der Waals surface area (Å²) < 4.78 is 58.1. The second-order valence-corrected chi connectivity index (χ2v) is 18.9. The van der Waals surface area contributed by atoms with Gasteiger partial charge in [-0.3, -0.25) is 9.59 Å². The number of ether oxygens (including phenoxy) is 3. The molecule has 264 valence electrons. The molecule has 5 rings (SSSR count). The Bertz CT molecular complexity index is 1900. The maximum atomic E-state index is 14.1. The number of carbonyl (C=O) groups excluding carboxylic acids is 3. The zero-order chi connectivity index (χ0) is 36.1. The topological polar surface area (TPSA) is 146 Å². The van der Waals surface area contributed by atoms with E-state index in [2.05, 4.69) is 5.32 Å². The van der Waals surface area contributed by atoms with Gasteiger partial charge >= 0.3 is 24.2 Å². The smallest absolute Gasteiger partial charge is 0.407 e. The Labute approximate surface area is 281 Å². The van der Waals surface area contributed by atoms with Crippen LogP contribution in [0.4, 0.5) is 18.0 Å². The first-order valence-corrected chi connectivity index (χ1v) is 19.3. The number of nitrogens with one attached hydrogen (secondary N) is 1. The first kappa shape index (κ1) is 35.9. The molecule has 2 aliphatic heterocycles. The zero-order valence-corrected chi connectivity index (χ0v) is 29.3. The molecule has 4 heterocycles. The van der Waals surface area contributed by atoms with E-state index in [-0.39, 0.29) is 61.9 Å². The van der Waals surface area contributed by atoms with Crippen molar-refractivity contribution in [1.29, 1.82) is 0 Å². The van der Waals surface area contributed by atoms with Gasteiger partial charge in [0.15, 0.2) is 0 Å². The third-order valence-electron chi connectivity index (χ3n) is 8.86. The molecule has 11 nitrogen and oxygen atoms in total. The van der Waals surface area contributed by atoms with E-state index in [1.165, 1.54) is 16.7 Å². The summed E-state index contributed by atoms with van der Waals surface area (Å²) in [5.41, 5.74) is -1.11. The monoisotopic (exact) mass is 703 g/mol. The molecule has 1 amide bonds. The minimum Gasteiger partial charge on any atom is -0.508 e. The zero-order valence-electron chi connectivity index (χ0n) is 28.3. The molecule has 3 aromatic rings. The highest BCUT2D eigenvalue weighted by molar-refractivity contribution is 6.91. The number of benzene rings is 1. The second kappa shape index (κ2) is 12.8. The number of pyridine rings is 2. The number of nitrogens with zero attached hydrogens (tertiary/aromatic N) is 2. The fourth-order valence-electron chi connectivity index (χ4n) is 6.56. The SMILES string of the molecule is CCC1(OC(=O)CCCNC(=O)OC(C)(C)C)C(=O)OCc2c1cc1n(c2=O)Cc2c-1nc1ccc(O)cc1c2[Si](C)(C)CCC(F)(F)F. The molecule has 1 unspecified atom stereocenters. The van der Waals surface area contributed by atoms with Gasteiger partial charge in [0.25, 0.3) is 5.56 Å². The number of halogens is 3. The van der Waals surface area contributed by atoms with E-state index < -0.39 is 55.5 Å². The fourth-order valence-corrected chi connectivity index (χ4v) is 9.66. The maximum absolute atomic E-state index is 14.1. The molecule has 1 aromatic carbocycles. The summed E-state index contributed by atoms with van der Waals surface area (Å²) in [4.78, 5) is 57.3. The predicted octanol–water partition coefficient (Wildman–Crippen LogP) is 5.51. The standard InChI is InChI=1S/C34H40F3N3O8Si/c1-7-33(47-26(42)9-8-13-38-31(45)48-32(2,3)4)23-16-25-27-21(17-40(25)29(43)22(23)18-46-30(33)44)28(49(5,6)14-12-34(35,36)37)20-15-19(41)10-11-24(20)39-27/h10-11,15-16,41H,7-9,12-14,17-18H2,1-6H3,(H,38,45). The number of carbonyl (C=O) groups is 3. The minimum absolute atomic E-state index is 0.0185. The number of esters is 2. The van der Waals surface area contributed by atoms with Gasteiger partial charge in [0, 0.05) is 30.3 Å². The van der Waals surface area contributed by atoms with Crippen molar-refractivity contribution in [3.05, 3.63) is 51.3 Å². The second-order valence-electron chi connectivity index (χ2n) is 14.1. The van der Waals surface area contributed by atoms with E-state index in [9.17, 15) is 37.5 Å². The van der Waals surface area contributed by atoms with Gasteiger partial charge in [-0.15, -0.1) is 0 Å². The fraction of sp³-hybridized carbons (Fsp3) is 0.500. The van der Waals surface area contributed by atoms with Crippen LogP contribution < -0.4 is 16.1 Å². The number of cyclic esters (lactones) is 1. The summed E-state index contributed by atoms with van der Waals surface area (Å²) in [5, 5.41) is 14.1. The summed E-state index contributed by atoms with van der Waals surface area (Å²) in [7, 11) is -2.89. The Morgan fingerprint density at radius 3 is 2.51 bits per heavy atom. The van der Waals surface area contributed by atoms with Crippen LogP contribution in [0, 0.1) is 0 Å². The van der Waals surface area contributed by atoms with E-state index in [1.54, 1.807) is 39.8 Å². The molecular formula is C34H40F3N3O8Si. The number of alkyl carbamates (subject to hydrolysis) is 1. The summed E-state index contributed by atoms with van der Waals surface area (Å²) in [6.45, 7) is 10.2. The number of hydrogen-bond acceptors (Lipinski definition) is 9. The van der Waals surface area contributed by atoms with Crippen molar-refractivity contribution in [3.8, 4) is 17.1 Å². The van der Waals surface area contributed by atoms with E-state index >= 15 is 0 Å². The van der Waals surface area contributed by atoms with Crippen molar-refractivity contribution < 1.29 is 46.9 Å². The average molecular weight is 704 g/mol. The van der Waals surface area contributed by atoms with Gasteiger partial charge in [-0.25, -0.2) is 14.6 Å². The summed E-state index contributed by atoms with van der Waals surface area (Å²) in [5.74, 6) is -1.65. The minimum atomic E-state index is -4.36. The number of phenolic OH excluding ortho intramolecular Hbond substituents is 1. The van der Waals surface area contributed by atoms with E-state index in [0.29, 0.717) is 33.0 Å². The normalized spacial score (nSPS) is 17.2. The first-order chi connectivity index (χ1) is 22.8. The van der Waals surface area contributed by atoms with Gasteiger partial charge in [-0.05, 0) is 74.7 Å². The van der Waals surface area contributed by atoms with Crippen LogP contribution >= 0.6 is 0 Å². The maximum Gasteiger partial charge on any atom is 0.407 e. The van der Waals surface area contributed by atoms with Crippen LogP contribution in [0.15, 0.2) is 29.1 Å². The van der Waals surface area contributed by atoms with E-state index in [0.717, 1.165) is 0 Å². The van der Waals surface area contributed by atoms with Gasteiger partial charge in [0.05, 0.1) is 37.1 Å². The van der Waals surface area contributed by atoms with Crippen molar-refractivity contribution in [3.63, 3.8) is 0 Å². The molecule has 0 saturated heterocycles. The molecule has 15 heteroatoms. The molecule has 1 atom stereocenters. The third-order valence-corrected chi connectivity index (χ3v) is 12.3. The summed E-state index contributed by atoms with van der Waals surface area (Å²) in [6.07, 6.45) is -6.01. The lowest BCUT2D eigenvalue weighted by Crippen LogP contribution is -2.47. The van der Waals surface area contributed by atoms with Crippen LogP contribution in [0.1, 0.15) is 70.1 Å². The largest absolute Gasteiger partial charge is 0.508 e. The van der Waals surface area contributed by atoms with Crippen LogP contribution in [-0.2, 0) is 42.6 Å². The highest BCUT2D eigenvalue weighted by Gasteiger charge is 2.50. The average Bonchev–Trinajstić information content (AvgIpc) is 3.35. The summed E-state index contributed by atoms with van der Waals surface area (Å²) >= 11 is 0. The number of rotatable bonds is 9. The van der Waals surface area contributed by atoms with Crippen molar-refractivity contribution >= 4 is 42.2 Å². The molecule has 0 fully saturated rings. The van der Waals surface area contributed by atoms with Crippen molar-refractivity contribution in [1.82, 2.24) is 14.9 Å². The molecule has 0 aliphatic carbocycles. The third kappa shape index (κ3) is 7.17. The molecule has 0 saturated carbocycles. The van der Waals surface area contributed by atoms with Gasteiger partial charge in [-0.2, -0.15) is 13.2 Å². The van der Waals surface area contributed by atoms with Crippen LogP contribution in [0.2, 0.25) is 19.1 Å². The number of alkyl halides is 3. The number of fused-ring (bicyclic) bond motifs is 5. The van der Waals surface area contributed by atoms with Gasteiger partial charge in [-0.1, -0.05) is 20.0 Å². The molecule has 2 aromatic heterocycles. The molecule has 2 N–H and O–H groups in total. The van der Waals surface area contributed by atoms with Crippen LogP contribution in [0.5, 0.6) is 5.75 Å². The lowest BCUT2D eigenvalue weighted by atomic mass is 9.85. The van der Waals surface area contributed by atoms with Crippen LogP contribution in [-0.4, -0.2) is 59.1 Å². The Hall–Kier alpha value is -4.40. The lowest BCUT2D eigenvalue weighted by Gasteiger charge is -2.35. The van der Waals surface area contributed by atoms with Crippen molar-refractivity contribution in [2.24, 2.45) is 0 Å². The number of amides is 1. The number of hydrogen-bond donors (Lipinski definition) is 2. The van der Waals surface area contributed by atoms with Crippen LogP contribution in [0.25, 0.3) is 22.3 Å². The number of phenols is 1. The lowest BCUT2D eigenvalue weighted by molar-refractivity contribution is -0.189. The van der Waals surface area contributed by atoms with Crippen molar-refractivity contribution in [2.45, 2.75) is 103 Å². The Balaban J connectivity index is 1.54. The molecule has 0 spiro atoms. The van der Waals surface area contributed by atoms with E-state index in [1.807, 2.05) is 13.1 Å². The predicted molar refractivity (Wildman–Crippen MR) is 176 cm³/mol. The Morgan fingerprint density at radius 2 is 1.86 bits per heavy atom. The number of aromatic hydroxyl groups is 1.